The molecule has 0 saturated heterocycles. The zero-order valence-electron chi connectivity index (χ0n) is 16.2. The number of thioether (sulfide) groups is 1. The third-order valence-electron chi connectivity index (χ3n) is 3.77. The van der Waals surface area contributed by atoms with Gasteiger partial charge in [0.15, 0.2) is 0 Å². The number of carbonyl (C=O) groups excluding carboxylic acids is 4. The molecule has 4 atom stereocenters. The number of hydrogen-bond acceptors (Lipinski definition) is 7. The van der Waals surface area contributed by atoms with Crippen LogP contribution < -0.4 is 27.4 Å². The molecule has 0 bridgehead atoms. The van der Waals surface area contributed by atoms with Crippen LogP contribution in [0.1, 0.15) is 33.1 Å². The van der Waals surface area contributed by atoms with E-state index < -0.39 is 53.8 Å². The van der Waals surface area contributed by atoms with Crippen LogP contribution in [-0.4, -0.2) is 70.9 Å². The fourth-order valence-corrected chi connectivity index (χ4v) is 2.48. The Kier molecular flexibility index (Phi) is 11.9. The minimum Gasteiger partial charge on any atom is -0.480 e. The van der Waals surface area contributed by atoms with E-state index in [0.717, 1.165) is 0 Å². The molecule has 28 heavy (non-hydrogen) atoms. The molecule has 0 aromatic carbocycles. The van der Waals surface area contributed by atoms with Crippen molar-refractivity contribution in [1.82, 2.24) is 16.0 Å². The van der Waals surface area contributed by atoms with Gasteiger partial charge in [0.1, 0.15) is 18.1 Å². The monoisotopic (exact) mass is 419 g/mol. The van der Waals surface area contributed by atoms with Crippen LogP contribution in [0.25, 0.3) is 0 Å². The first-order chi connectivity index (χ1) is 13.0. The Hall–Kier alpha value is -2.34. The van der Waals surface area contributed by atoms with Crippen LogP contribution >= 0.6 is 11.8 Å². The van der Waals surface area contributed by atoms with Crippen molar-refractivity contribution in [3.8, 4) is 0 Å². The van der Waals surface area contributed by atoms with Crippen molar-refractivity contribution in [1.29, 1.82) is 0 Å². The van der Waals surface area contributed by atoms with Crippen LogP contribution in [0.4, 0.5) is 0 Å². The molecular weight excluding hydrogens is 390 g/mol. The van der Waals surface area contributed by atoms with Gasteiger partial charge in [-0.25, -0.2) is 4.79 Å². The van der Waals surface area contributed by atoms with Crippen molar-refractivity contribution in [2.45, 2.75) is 57.3 Å². The van der Waals surface area contributed by atoms with Crippen molar-refractivity contribution in [3.05, 3.63) is 0 Å². The van der Waals surface area contributed by atoms with Crippen LogP contribution in [-0.2, 0) is 24.0 Å². The Morgan fingerprint density at radius 1 is 0.929 bits per heavy atom. The van der Waals surface area contributed by atoms with E-state index in [9.17, 15) is 24.0 Å². The zero-order chi connectivity index (χ0) is 21.9. The maximum Gasteiger partial charge on any atom is 0.326 e. The lowest BCUT2D eigenvalue weighted by Gasteiger charge is -2.21. The second kappa shape index (κ2) is 12.9. The van der Waals surface area contributed by atoms with E-state index in [2.05, 4.69) is 16.0 Å². The van der Waals surface area contributed by atoms with E-state index in [1.165, 1.54) is 25.6 Å². The Labute approximate surface area is 167 Å². The van der Waals surface area contributed by atoms with E-state index in [4.69, 9.17) is 16.6 Å². The first-order valence-electron chi connectivity index (χ1n) is 8.66. The third kappa shape index (κ3) is 10.1. The van der Waals surface area contributed by atoms with Crippen molar-refractivity contribution < 1.29 is 29.1 Å². The molecule has 12 heteroatoms. The molecule has 0 spiro atoms. The van der Waals surface area contributed by atoms with Crippen LogP contribution in [0.15, 0.2) is 0 Å². The van der Waals surface area contributed by atoms with Gasteiger partial charge < -0.3 is 32.5 Å². The fourth-order valence-electron chi connectivity index (χ4n) is 2.01. The minimum absolute atomic E-state index is 0.0426. The van der Waals surface area contributed by atoms with Gasteiger partial charge in [-0.3, -0.25) is 19.2 Å². The number of aliphatic carboxylic acids is 1. The smallest absolute Gasteiger partial charge is 0.326 e. The molecule has 11 nitrogen and oxygen atoms in total. The molecule has 0 aliphatic rings. The highest BCUT2D eigenvalue weighted by Crippen LogP contribution is 2.02. The standard InChI is InChI=1S/C16H29N5O6S/c1-8(20-15(25)10(17)4-5-12(18)22)13(23)19-9(2)14(24)21-11(16(26)27)6-7-28-3/h8-11H,4-7,17H2,1-3H3,(H2,18,22)(H,19,23)(H,20,25)(H,21,24)(H,26,27). The molecule has 0 aliphatic heterocycles. The molecule has 0 rings (SSSR count). The highest BCUT2D eigenvalue weighted by Gasteiger charge is 2.26. The number of hydrogen-bond donors (Lipinski definition) is 6. The summed E-state index contributed by atoms with van der Waals surface area (Å²) in [5.74, 6) is -3.13. The minimum atomic E-state index is -1.16. The van der Waals surface area contributed by atoms with Gasteiger partial charge in [0.2, 0.25) is 23.6 Å². The molecule has 0 radical (unpaired) electrons. The second-order valence-electron chi connectivity index (χ2n) is 6.25. The summed E-state index contributed by atoms with van der Waals surface area (Å²) in [5, 5.41) is 16.3. The van der Waals surface area contributed by atoms with Crippen molar-refractivity contribution in [3.63, 3.8) is 0 Å². The molecule has 4 unspecified atom stereocenters. The van der Waals surface area contributed by atoms with Crippen molar-refractivity contribution in [2.24, 2.45) is 11.5 Å². The van der Waals surface area contributed by atoms with Crippen LogP contribution in [0.2, 0.25) is 0 Å². The lowest BCUT2D eigenvalue weighted by Crippen LogP contribution is -2.55. The molecule has 4 amide bonds. The van der Waals surface area contributed by atoms with E-state index in [-0.39, 0.29) is 19.3 Å². The molecular formula is C16H29N5O6S. The lowest BCUT2D eigenvalue weighted by atomic mass is 10.1. The second-order valence-corrected chi connectivity index (χ2v) is 7.24. The van der Waals surface area contributed by atoms with Crippen molar-refractivity contribution in [2.75, 3.05) is 12.0 Å². The number of nitrogens with one attached hydrogen (secondary N) is 3. The first kappa shape index (κ1) is 25.7. The highest BCUT2D eigenvalue weighted by molar-refractivity contribution is 7.98. The first-order valence-corrected chi connectivity index (χ1v) is 10.1. The van der Waals surface area contributed by atoms with E-state index in [1.807, 2.05) is 6.26 Å². The Balaban J connectivity index is 4.57. The quantitative estimate of drug-likeness (QED) is 0.195. The van der Waals surface area contributed by atoms with Gasteiger partial charge in [-0.15, -0.1) is 0 Å². The number of carboxylic acid groups (broad SMARTS) is 1. The SMILES string of the molecule is CSCCC(NC(=O)C(C)NC(=O)C(C)NC(=O)C(N)CCC(N)=O)C(=O)O. The van der Waals surface area contributed by atoms with Crippen LogP contribution in [0.5, 0.6) is 0 Å². The number of rotatable bonds is 13. The summed E-state index contributed by atoms with van der Waals surface area (Å²) in [7, 11) is 0. The predicted molar refractivity (Wildman–Crippen MR) is 104 cm³/mol. The summed E-state index contributed by atoms with van der Waals surface area (Å²) < 4.78 is 0. The van der Waals surface area contributed by atoms with Gasteiger partial charge in [-0.2, -0.15) is 11.8 Å². The van der Waals surface area contributed by atoms with Gasteiger partial charge in [0.25, 0.3) is 0 Å². The molecule has 8 N–H and O–H groups in total. The maximum absolute atomic E-state index is 12.1. The van der Waals surface area contributed by atoms with E-state index >= 15 is 0 Å². The summed E-state index contributed by atoms with van der Waals surface area (Å²) >= 11 is 1.45. The van der Waals surface area contributed by atoms with Crippen LogP contribution in [0.3, 0.4) is 0 Å². The van der Waals surface area contributed by atoms with Gasteiger partial charge in [0.05, 0.1) is 6.04 Å². The van der Waals surface area contributed by atoms with Crippen molar-refractivity contribution >= 4 is 41.4 Å². The number of nitrogens with two attached hydrogens (primary N) is 2. The summed E-state index contributed by atoms with van der Waals surface area (Å²) in [6, 6.07) is -4.06. The van der Waals surface area contributed by atoms with Crippen LogP contribution in [0, 0.1) is 0 Å². The number of amides is 4. The summed E-state index contributed by atoms with van der Waals surface area (Å²) in [4.78, 5) is 58.0. The summed E-state index contributed by atoms with van der Waals surface area (Å²) in [6.45, 7) is 2.80. The number of primary amides is 1. The molecule has 0 aromatic heterocycles. The largest absolute Gasteiger partial charge is 0.480 e. The van der Waals surface area contributed by atoms with Gasteiger partial charge in [-0.1, -0.05) is 0 Å². The highest BCUT2D eigenvalue weighted by atomic mass is 32.2. The number of carbonyl (C=O) groups is 5. The summed E-state index contributed by atoms with van der Waals surface area (Å²) in [6.07, 6.45) is 2.05. The third-order valence-corrected chi connectivity index (χ3v) is 4.41. The topological polar surface area (TPSA) is 194 Å². The Morgan fingerprint density at radius 2 is 1.43 bits per heavy atom. The van der Waals surface area contributed by atoms with Gasteiger partial charge >= 0.3 is 5.97 Å². The van der Waals surface area contributed by atoms with E-state index in [0.29, 0.717) is 5.75 Å². The van der Waals surface area contributed by atoms with E-state index in [1.54, 1.807) is 0 Å². The normalized spacial score (nSPS) is 14.9. The Bertz CT molecular complexity index is 588. The molecule has 0 saturated carbocycles. The predicted octanol–water partition coefficient (Wildman–Crippen LogP) is -2.09. The molecule has 0 aromatic rings. The summed E-state index contributed by atoms with van der Waals surface area (Å²) in [5.41, 5.74) is 10.6. The molecule has 0 aliphatic carbocycles. The average Bonchev–Trinajstić information content (AvgIpc) is 2.61. The lowest BCUT2D eigenvalue weighted by molar-refractivity contribution is -0.142. The molecule has 0 heterocycles. The Morgan fingerprint density at radius 3 is 1.89 bits per heavy atom. The zero-order valence-corrected chi connectivity index (χ0v) is 17.0. The van der Waals surface area contributed by atoms with Gasteiger partial charge in [-0.05, 0) is 38.7 Å². The maximum atomic E-state index is 12.1. The van der Waals surface area contributed by atoms with Gasteiger partial charge in [0, 0.05) is 6.42 Å². The molecule has 0 fully saturated rings. The average molecular weight is 420 g/mol. The number of carboxylic acids is 1. The molecule has 160 valence electrons. The fraction of sp³-hybridized carbons (Fsp3) is 0.688.